The summed E-state index contributed by atoms with van der Waals surface area (Å²) in [7, 11) is 0. The van der Waals surface area contributed by atoms with Crippen LogP contribution in [0.1, 0.15) is 27.6 Å². The van der Waals surface area contributed by atoms with Crippen LogP contribution in [0.5, 0.6) is 5.75 Å². The Morgan fingerprint density at radius 3 is 2.56 bits per heavy atom. The minimum Gasteiger partial charge on any atom is -0.423 e. The van der Waals surface area contributed by atoms with Crippen LogP contribution in [-0.2, 0) is 0 Å². The predicted octanol–water partition coefficient (Wildman–Crippen LogP) is 2.76. The summed E-state index contributed by atoms with van der Waals surface area (Å²) < 4.78 is 10.5. The second kappa shape index (κ2) is 7.00. The van der Waals surface area contributed by atoms with Crippen LogP contribution in [0.4, 0.5) is 0 Å². The molecule has 3 rings (SSSR count). The lowest BCUT2D eigenvalue weighted by Gasteiger charge is -2.06. The molecule has 2 aromatic carbocycles. The van der Waals surface area contributed by atoms with E-state index in [1.807, 2.05) is 0 Å². The molecule has 1 aromatic heterocycles. The zero-order valence-corrected chi connectivity index (χ0v) is 13.4. The van der Waals surface area contributed by atoms with Gasteiger partial charge in [0, 0.05) is 18.0 Å². The summed E-state index contributed by atoms with van der Waals surface area (Å²) in [6.07, 6.45) is 0. The predicted molar refractivity (Wildman–Crippen MR) is 91.9 cm³/mol. The van der Waals surface area contributed by atoms with Crippen LogP contribution in [0, 0.1) is 0 Å². The molecule has 0 aliphatic carbocycles. The van der Waals surface area contributed by atoms with Gasteiger partial charge in [-0.25, -0.2) is 9.59 Å². The molecule has 0 fully saturated rings. The highest BCUT2D eigenvalue weighted by atomic mass is 16.5. The molecule has 1 amide bonds. The van der Waals surface area contributed by atoms with Gasteiger partial charge in [0.05, 0.1) is 5.56 Å². The van der Waals surface area contributed by atoms with Crippen molar-refractivity contribution in [1.29, 1.82) is 0 Å². The molecule has 1 N–H and O–H groups in total. The summed E-state index contributed by atoms with van der Waals surface area (Å²) in [5.41, 5.74) is -0.166. The number of amides is 1. The van der Waals surface area contributed by atoms with Crippen molar-refractivity contribution >= 4 is 22.8 Å². The number of hydrogen-bond donors (Lipinski definition) is 1. The van der Waals surface area contributed by atoms with Crippen LogP contribution < -0.4 is 15.7 Å². The Kier molecular flexibility index (Phi) is 4.61. The number of benzene rings is 2. The number of rotatable bonds is 4. The van der Waals surface area contributed by atoms with Crippen LogP contribution in [-0.4, -0.2) is 18.4 Å². The standard InChI is InChI=1S/C19H15NO5/c1-2-20-17(21)15-10-13-8-9-14(11-16(13)25-19(15)23)24-18(22)12-6-4-3-5-7-12/h3-11H,2H2,1H3,(H,20,21). The van der Waals surface area contributed by atoms with E-state index >= 15 is 0 Å². The van der Waals surface area contributed by atoms with Gasteiger partial charge in [-0.15, -0.1) is 0 Å². The van der Waals surface area contributed by atoms with Crippen molar-refractivity contribution in [2.45, 2.75) is 6.92 Å². The Bertz CT molecular complexity index is 992. The molecule has 0 unspecified atom stereocenters. The van der Waals surface area contributed by atoms with Gasteiger partial charge < -0.3 is 14.5 Å². The molecule has 0 saturated heterocycles. The molecule has 3 aromatic rings. The van der Waals surface area contributed by atoms with Crippen molar-refractivity contribution in [3.63, 3.8) is 0 Å². The number of nitrogens with one attached hydrogen (secondary N) is 1. The third-order valence-electron chi connectivity index (χ3n) is 3.51. The largest absolute Gasteiger partial charge is 0.423 e. The van der Waals surface area contributed by atoms with Gasteiger partial charge in [0.1, 0.15) is 16.9 Å². The van der Waals surface area contributed by atoms with Gasteiger partial charge in [-0.1, -0.05) is 18.2 Å². The van der Waals surface area contributed by atoms with Crippen LogP contribution >= 0.6 is 0 Å². The third kappa shape index (κ3) is 3.58. The fraction of sp³-hybridized carbons (Fsp3) is 0.105. The number of carbonyl (C=O) groups is 2. The van der Waals surface area contributed by atoms with Gasteiger partial charge in [-0.2, -0.15) is 0 Å². The Hall–Kier alpha value is -3.41. The maximum atomic E-state index is 12.1. The first-order valence-corrected chi connectivity index (χ1v) is 7.72. The minimum absolute atomic E-state index is 0.0663. The quantitative estimate of drug-likeness (QED) is 0.449. The Morgan fingerprint density at radius 2 is 1.84 bits per heavy atom. The van der Waals surface area contributed by atoms with Gasteiger partial charge in [-0.05, 0) is 37.3 Å². The number of esters is 1. The molecule has 0 atom stereocenters. The third-order valence-corrected chi connectivity index (χ3v) is 3.51. The van der Waals surface area contributed by atoms with Crippen molar-refractivity contribution < 1.29 is 18.7 Å². The highest BCUT2D eigenvalue weighted by molar-refractivity contribution is 5.97. The lowest BCUT2D eigenvalue weighted by atomic mass is 10.1. The van der Waals surface area contributed by atoms with Gasteiger partial charge in [0.25, 0.3) is 5.91 Å². The van der Waals surface area contributed by atoms with E-state index in [4.69, 9.17) is 9.15 Å². The van der Waals surface area contributed by atoms with Crippen molar-refractivity contribution in [2.24, 2.45) is 0 Å². The zero-order chi connectivity index (χ0) is 17.8. The average Bonchev–Trinajstić information content (AvgIpc) is 2.62. The summed E-state index contributed by atoms with van der Waals surface area (Å²) in [5.74, 6) is -0.755. The fourth-order valence-electron chi connectivity index (χ4n) is 2.31. The normalized spacial score (nSPS) is 10.4. The van der Waals surface area contributed by atoms with E-state index in [1.165, 1.54) is 12.1 Å². The maximum absolute atomic E-state index is 12.1. The molecule has 25 heavy (non-hydrogen) atoms. The second-order valence-corrected chi connectivity index (χ2v) is 5.26. The second-order valence-electron chi connectivity index (χ2n) is 5.26. The molecule has 0 aliphatic rings. The van der Waals surface area contributed by atoms with E-state index in [0.717, 1.165) is 0 Å². The van der Waals surface area contributed by atoms with Crippen LogP contribution in [0.3, 0.4) is 0 Å². The van der Waals surface area contributed by atoms with E-state index < -0.39 is 17.5 Å². The molecule has 0 aliphatic heterocycles. The fourth-order valence-corrected chi connectivity index (χ4v) is 2.31. The van der Waals surface area contributed by atoms with E-state index in [9.17, 15) is 14.4 Å². The monoisotopic (exact) mass is 337 g/mol. The Balaban J connectivity index is 1.90. The van der Waals surface area contributed by atoms with Gasteiger partial charge in [0.15, 0.2) is 0 Å². The minimum atomic E-state index is -0.745. The van der Waals surface area contributed by atoms with Crippen molar-refractivity contribution in [1.82, 2.24) is 5.32 Å². The first kappa shape index (κ1) is 16.4. The molecular weight excluding hydrogens is 322 g/mol. The molecule has 0 saturated carbocycles. The maximum Gasteiger partial charge on any atom is 0.349 e. The summed E-state index contributed by atoms with van der Waals surface area (Å²) >= 11 is 0. The molecule has 126 valence electrons. The Morgan fingerprint density at radius 1 is 1.08 bits per heavy atom. The smallest absolute Gasteiger partial charge is 0.349 e. The number of ether oxygens (including phenoxy) is 1. The van der Waals surface area contributed by atoms with Crippen LogP contribution in [0.25, 0.3) is 11.0 Å². The van der Waals surface area contributed by atoms with E-state index in [2.05, 4.69) is 5.32 Å². The molecule has 1 heterocycles. The SMILES string of the molecule is CCNC(=O)c1cc2ccc(OC(=O)c3ccccc3)cc2oc1=O. The topological polar surface area (TPSA) is 85.6 Å². The number of hydrogen-bond acceptors (Lipinski definition) is 5. The molecule has 6 heteroatoms. The summed E-state index contributed by atoms with van der Waals surface area (Å²) in [6.45, 7) is 2.17. The lowest BCUT2D eigenvalue weighted by Crippen LogP contribution is -2.27. The van der Waals surface area contributed by atoms with E-state index in [-0.39, 0.29) is 16.9 Å². The first-order valence-electron chi connectivity index (χ1n) is 7.72. The van der Waals surface area contributed by atoms with E-state index in [1.54, 1.807) is 49.4 Å². The van der Waals surface area contributed by atoms with Crippen molar-refractivity contribution in [2.75, 3.05) is 6.54 Å². The van der Waals surface area contributed by atoms with Gasteiger partial charge in [0.2, 0.25) is 0 Å². The summed E-state index contributed by atoms with van der Waals surface area (Å²) in [4.78, 5) is 35.9. The van der Waals surface area contributed by atoms with Crippen molar-refractivity contribution in [3.05, 3.63) is 76.1 Å². The molecule has 6 nitrogen and oxygen atoms in total. The average molecular weight is 337 g/mol. The summed E-state index contributed by atoms with van der Waals surface area (Å²) in [6, 6.07) is 14.6. The van der Waals surface area contributed by atoms with Crippen LogP contribution in [0.2, 0.25) is 0 Å². The van der Waals surface area contributed by atoms with Crippen molar-refractivity contribution in [3.8, 4) is 5.75 Å². The molecular formula is C19H15NO5. The molecule has 0 spiro atoms. The number of carbonyl (C=O) groups excluding carboxylic acids is 2. The number of fused-ring (bicyclic) bond motifs is 1. The first-order chi connectivity index (χ1) is 12.1. The highest BCUT2D eigenvalue weighted by Crippen LogP contribution is 2.21. The molecule has 0 radical (unpaired) electrons. The zero-order valence-electron chi connectivity index (χ0n) is 13.4. The molecule has 0 bridgehead atoms. The summed E-state index contributed by atoms with van der Waals surface area (Å²) in [5, 5.41) is 3.11. The van der Waals surface area contributed by atoms with Crippen LogP contribution in [0.15, 0.2) is 63.8 Å². The van der Waals surface area contributed by atoms with Gasteiger partial charge in [-0.3, -0.25) is 4.79 Å². The highest BCUT2D eigenvalue weighted by Gasteiger charge is 2.14. The van der Waals surface area contributed by atoms with E-state index in [0.29, 0.717) is 17.5 Å². The lowest BCUT2D eigenvalue weighted by molar-refractivity contribution is 0.0734. The van der Waals surface area contributed by atoms with Gasteiger partial charge >= 0.3 is 11.6 Å². The Labute approximate surface area is 143 Å².